The molecule has 1 saturated heterocycles. The highest BCUT2D eigenvalue weighted by Gasteiger charge is 2.17. The number of carbonyl (C=O) groups excluding carboxylic acids is 1. The van der Waals surface area contributed by atoms with Crippen LogP contribution in [0.3, 0.4) is 0 Å². The van der Waals surface area contributed by atoms with Gasteiger partial charge in [0.2, 0.25) is 5.91 Å². The number of para-hydroxylation sites is 1. The van der Waals surface area contributed by atoms with Crippen LogP contribution >= 0.6 is 11.8 Å². The van der Waals surface area contributed by atoms with Crippen LogP contribution in [0.25, 0.3) is 10.9 Å². The molecule has 1 aliphatic rings. The summed E-state index contributed by atoms with van der Waals surface area (Å²) in [5, 5.41) is 3.97. The maximum atomic E-state index is 12.6. The van der Waals surface area contributed by atoms with E-state index in [1.165, 1.54) is 11.8 Å². The van der Waals surface area contributed by atoms with E-state index in [0.29, 0.717) is 29.1 Å². The lowest BCUT2D eigenvalue weighted by Crippen LogP contribution is -2.33. The first-order valence-corrected chi connectivity index (χ1v) is 9.29. The predicted octanol–water partition coefficient (Wildman–Crippen LogP) is 1.97. The van der Waals surface area contributed by atoms with E-state index in [2.05, 4.69) is 16.9 Å². The molecule has 0 bridgehead atoms. The Balaban J connectivity index is 1.71. The van der Waals surface area contributed by atoms with E-state index < -0.39 is 0 Å². The van der Waals surface area contributed by atoms with E-state index in [-0.39, 0.29) is 23.3 Å². The van der Waals surface area contributed by atoms with Gasteiger partial charge in [-0.25, -0.2) is 4.98 Å². The molecular weight excluding hydrogens is 338 g/mol. The average Bonchev–Trinajstić information content (AvgIpc) is 3.14. The number of rotatable bonds is 7. The van der Waals surface area contributed by atoms with Gasteiger partial charge in [0.15, 0.2) is 5.16 Å². The van der Waals surface area contributed by atoms with Crippen LogP contribution in [0.5, 0.6) is 0 Å². The summed E-state index contributed by atoms with van der Waals surface area (Å²) < 4.78 is 7.04. The Morgan fingerprint density at radius 2 is 2.32 bits per heavy atom. The van der Waals surface area contributed by atoms with Gasteiger partial charge in [0.05, 0.1) is 22.8 Å². The fraction of sp³-hybridized carbons (Fsp3) is 0.389. The number of nitrogens with zero attached hydrogens (tertiary/aromatic N) is 2. The number of fused-ring (bicyclic) bond motifs is 1. The first-order chi connectivity index (χ1) is 12.2. The minimum Gasteiger partial charge on any atom is -0.376 e. The quantitative estimate of drug-likeness (QED) is 0.465. The number of carbonyl (C=O) groups is 1. The maximum Gasteiger partial charge on any atom is 0.262 e. The minimum atomic E-state index is -0.118. The second-order valence-corrected chi connectivity index (χ2v) is 6.79. The van der Waals surface area contributed by atoms with Crippen LogP contribution in [0.1, 0.15) is 12.8 Å². The van der Waals surface area contributed by atoms with Crippen LogP contribution in [0, 0.1) is 0 Å². The summed E-state index contributed by atoms with van der Waals surface area (Å²) in [7, 11) is 0. The van der Waals surface area contributed by atoms with E-state index in [1.54, 1.807) is 22.8 Å². The summed E-state index contributed by atoms with van der Waals surface area (Å²) in [5.74, 6) is 0.113. The Labute approximate surface area is 150 Å². The normalized spacial score (nSPS) is 16.9. The highest BCUT2D eigenvalue weighted by Crippen LogP contribution is 2.18. The van der Waals surface area contributed by atoms with Gasteiger partial charge in [0.1, 0.15) is 0 Å². The number of hydrogen-bond donors (Lipinski definition) is 1. The molecule has 1 fully saturated rings. The highest BCUT2D eigenvalue weighted by atomic mass is 32.2. The van der Waals surface area contributed by atoms with Gasteiger partial charge < -0.3 is 10.1 Å². The van der Waals surface area contributed by atoms with Crippen molar-refractivity contribution in [2.75, 3.05) is 18.9 Å². The summed E-state index contributed by atoms with van der Waals surface area (Å²) >= 11 is 1.26. The molecule has 1 N–H and O–H groups in total. The number of amides is 1. The standard InChI is InChI=1S/C18H21N3O3S/c1-2-9-21-17(23)14-7-3-4-8-15(14)20-18(21)25-12-16(22)19-11-13-6-5-10-24-13/h2-4,7-8,13H,1,5-6,9-12H2,(H,19,22). The van der Waals surface area contributed by atoms with Gasteiger partial charge in [-0.2, -0.15) is 0 Å². The second-order valence-electron chi connectivity index (χ2n) is 5.84. The van der Waals surface area contributed by atoms with Gasteiger partial charge in [0.25, 0.3) is 5.56 Å². The van der Waals surface area contributed by atoms with Gasteiger partial charge in [0, 0.05) is 19.7 Å². The zero-order valence-electron chi connectivity index (χ0n) is 13.9. The lowest BCUT2D eigenvalue weighted by Gasteiger charge is -2.12. The molecule has 3 rings (SSSR count). The van der Waals surface area contributed by atoms with Crippen molar-refractivity contribution in [2.24, 2.45) is 0 Å². The first kappa shape index (κ1) is 17.7. The van der Waals surface area contributed by atoms with E-state index >= 15 is 0 Å². The summed E-state index contributed by atoms with van der Waals surface area (Å²) in [4.78, 5) is 29.2. The molecule has 2 aromatic rings. The largest absolute Gasteiger partial charge is 0.376 e. The zero-order valence-corrected chi connectivity index (χ0v) is 14.8. The monoisotopic (exact) mass is 359 g/mol. The van der Waals surface area contributed by atoms with E-state index in [4.69, 9.17) is 4.74 Å². The van der Waals surface area contributed by atoms with Crippen molar-refractivity contribution < 1.29 is 9.53 Å². The molecule has 1 atom stereocenters. The zero-order chi connectivity index (χ0) is 17.6. The highest BCUT2D eigenvalue weighted by molar-refractivity contribution is 7.99. The lowest BCUT2D eigenvalue weighted by atomic mass is 10.2. The number of ether oxygens (including phenoxy) is 1. The van der Waals surface area contributed by atoms with Crippen molar-refractivity contribution >= 4 is 28.6 Å². The third kappa shape index (κ3) is 4.29. The summed E-state index contributed by atoms with van der Waals surface area (Å²) in [6.45, 7) is 5.35. The van der Waals surface area contributed by atoms with Crippen LogP contribution in [-0.2, 0) is 16.1 Å². The Kier molecular flexibility index (Phi) is 5.88. The molecule has 7 heteroatoms. The van der Waals surface area contributed by atoms with Gasteiger partial charge in [-0.3, -0.25) is 14.2 Å². The van der Waals surface area contributed by atoms with Gasteiger partial charge in [-0.1, -0.05) is 30.0 Å². The molecule has 132 valence electrons. The SMILES string of the molecule is C=CCn1c(SCC(=O)NCC2CCCO2)nc2ccccc2c1=O. The van der Waals surface area contributed by atoms with Crippen molar-refractivity contribution in [1.29, 1.82) is 0 Å². The number of allylic oxidation sites excluding steroid dienone is 1. The van der Waals surface area contributed by atoms with Crippen molar-refractivity contribution in [2.45, 2.75) is 30.6 Å². The Morgan fingerprint density at radius 1 is 1.48 bits per heavy atom. The van der Waals surface area contributed by atoms with Crippen LogP contribution < -0.4 is 10.9 Å². The summed E-state index contributed by atoms with van der Waals surface area (Å²) in [6.07, 6.45) is 3.80. The summed E-state index contributed by atoms with van der Waals surface area (Å²) in [6, 6.07) is 7.22. The molecule has 1 aromatic heterocycles. The van der Waals surface area contributed by atoms with Gasteiger partial charge >= 0.3 is 0 Å². The Hall–Kier alpha value is -2.12. The van der Waals surface area contributed by atoms with Crippen LogP contribution in [-0.4, -0.2) is 40.5 Å². The molecule has 1 aromatic carbocycles. The van der Waals surface area contributed by atoms with E-state index in [9.17, 15) is 9.59 Å². The van der Waals surface area contributed by atoms with Crippen LogP contribution in [0.4, 0.5) is 0 Å². The molecule has 0 aliphatic carbocycles. The molecule has 2 heterocycles. The Morgan fingerprint density at radius 3 is 3.08 bits per heavy atom. The topological polar surface area (TPSA) is 73.2 Å². The van der Waals surface area contributed by atoms with Crippen molar-refractivity contribution in [3.05, 3.63) is 47.3 Å². The molecule has 25 heavy (non-hydrogen) atoms. The third-order valence-electron chi connectivity index (χ3n) is 4.02. The predicted molar refractivity (Wildman–Crippen MR) is 98.9 cm³/mol. The van der Waals surface area contributed by atoms with Crippen molar-refractivity contribution in [3.63, 3.8) is 0 Å². The third-order valence-corrected chi connectivity index (χ3v) is 5.00. The molecular formula is C18H21N3O3S. The van der Waals surface area contributed by atoms with Gasteiger partial charge in [-0.05, 0) is 25.0 Å². The summed E-state index contributed by atoms with van der Waals surface area (Å²) in [5.41, 5.74) is 0.517. The van der Waals surface area contributed by atoms with Gasteiger partial charge in [-0.15, -0.1) is 6.58 Å². The number of hydrogen-bond acceptors (Lipinski definition) is 5. The maximum absolute atomic E-state index is 12.6. The number of nitrogens with one attached hydrogen (secondary N) is 1. The lowest BCUT2D eigenvalue weighted by molar-refractivity contribution is -0.119. The molecule has 1 amide bonds. The van der Waals surface area contributed by atoms with E-state index in [1.807, 2.05) is 12.1 Å². The fourth-order valence-corrected chi connectivity index (χ4v) is 3.60. The Bertz CT molecular complexity index is 828. The van der Waals surface area contributed by atoms with Crippen LogP contribution in [0.2, 0.25) is 0 Å². The van der Waals surface area contributed by atoms with Crippen molar-refractivity contribution in [3.8, 4) is 0 Å². The number of aromatic nitrogens is 2. The van der Waals surface area contributed by atoms with Crippen LogP contribution in [0.15, 0.2) is 46.9 Å². The smallest absolute Gasteiger partial charge is 0.262 e. The minimum absolute atomic E-state index is 0.0898. The molecule has 6 nitrogen and oxygen atoms in total. The molecule has 0 radical (unpaired) electrons. The fourth-order valence-electron chi connectivity index (χ4n) is 2.76. The number of benzene rings is 1. The molecule has 1 unspecified atom stereocenters. The molecule has 1 aliphatic heterocycles. The first-order valence-electron chi connectivity index (χ1n) is 8.30. The van der Waals surface area contributed by atoms with E-state index in [0.717, 1.165) is 19.4 Å². The number of thioether (sulfide) groups is 1. The molecule has 0 saturated carbocycles. The van der Waals surface area contributed by atoms with Crippen molar-refractivity contribution in [1.82, 2.24) is 14.9 Å². The second kappa shape index (κ2) is 8.31. The average molecular weight is 359 g/mol. The molecule has 0 spiro atoms.